The first-order valence-corrected chi connectivity index (χ1v) is 12.3. The van der Waals surface area contributed by atoms with Crippen LogP contribution in [0.25, 0.3) is 34.0 Å². The van der Waals surface area contributed by atoms with Crippen LogP contribution in [-0.2, 0) is 16.1 Å². The summed E-state index contributed by atoms with van der Waals surface area (Å²) >= 11 is 0. The number of carbonyl (C=O) groups excluding carboxylic acids is 1. The predicted molar refractivity (Wildman–Crippen MR) is 142 cm³/mol. The van der Waals surface area contributed by atoms with Crippen LogP contribution in [0.5, 0.6) is 0 Å². The summed E-state index contributed by atoms with van der Waals surface area (Å²) in [4.78, 5) is 18.5. The zero-order valence-corrected chi connectivity index (χ0v) is 22.2. The summed E-state index contributed by atoms with van der Waals surface area (Å²) in [5.41, 5.74) is 4.09. The number of likely N-dealkylation sites (N-methyl/N-ethyl adjacent to an activating group) is 1. The van der Waals surface area contributed by atoms with Crippen LogP contribution in [0.4, 0.5) is 8.78 Å². The van der Waals surface area contributed by atoms with E-state index in [1.54, 1.807) is 30.3 Å². The molecule has 0 aliphatic rings. The molecule has 0 saturated carbocycles. The third-order valence-electron chi connectivity index (χ3n) is 5.87. The van der Waals surface area contributed by atoms with Crippen molar-refractivity contribution in [2.75, 3.05) is 13.6 Å². The van der Waals surface area contributed by atoms with Crippen molar-refractivity contribution >= 4 is 5.97 Å². The maximum Gasteiger partial charge on any atom is 0.320 e. The minimum Gasteiger partial charge on any atom is -0.459 e. The second kappa shape index (κ2) is 11.2. The largest absolute Gasteiger partial charge is 0.459 e. The van der Waals surface area contributed by atoms with Gasteiger partial charge in [-0.15, -0.1) is 0 Å². The third kappa shape index (κ3) is 6.69. The first-order chi connectivity index (χ1) is 18.0. The Morgan fingerprint density at radius 3 is 2.34 bits per heavy atom. The van der Waals surface area contributed by atoms with Crippen LogP contribution in [0.2, 0.25) is 0 Å². The number of aromatic nitrogens is 2. The molecular weight excluding hydrogens is 488 g/mol. The molecule has 6 nitrogen and oxygen atoms in total. The van der Waals surface area contributed by atoms with Gasteiger partial charge in [-0.05, 0) is 69.1 Å². The topological polar surface area (TPSA) is 68.5 Å². The molecule has 38 heavy (non-hydrogen) atoms. The second-order valence-electron chi connectivity index (χ2n) is 10.3. The van der Waals surface area contributed by atoms with Gasteiger partial charge >= 0.3 is 5.97 Å². The van der Waals surface area contributed by atoms with Crippen LogP contribution in [0.3, 0.4) is 0 Å². The SMILES string of the molecule is Cc1cc(-c2nc(-c3ccc(CN(C)CC(=O)OC(C)(C)C)cc3)no2)ccc1-c1ccccc1C(F)F. The monoisotopic (exact) mass is 519 g/mol. The normalized spacial score (nSPS) is 11.8. The van der Waals surface area contributed by atoms with Crippen LogP contribution < -0.4 is 0 Å². The number of alkyl halides is 2. The average molecular weight is 520 g/mol. The van der Waals surface area contributed by atoms with Crippen molar-refractivity contribution in [1.29, 1.82) is 0 Å². The van der Waals surface area contributed by atoms with Gasteiger partial charge in [0.15, 0.2) is 0 Å². The number of benzene rings is 3. The minimum absolute atomic E-state index is 0.00269. The Labute approximate surface area is 221 Å². The van der Waals surface area contributed by atoms with Crippen LogP contribution in [0, 0.1) is 6.92 Å². The number of rotatable bonds is 8. The fourth-order valence-electron chi connectivity index (χ4n) is 4.21. The molecular formula is C30H31F2N3O3. The Bertz CT molecular complexity index is 1410. The predicted octanol–water partition coefficient (Wildman–Crippen LogP) is 7.09. The summed E-state index contributed by atoms with van der Waals surface area (Å²) in [6.07, 6.45) is -2.56. The molecule has 4 rings (SSSR count). The van der Waals surface area contributed by atoms with E-state index in [9.17, 15) is 13.6 Å². The molecule has 0 unspecified atom stereocenters. The molecule has 0 bridgehead atoms. The summed E-state index contributed by atoms with van der Waals surface area (Å²) in [5, 5.41) is 4.12. The van der Waals surface area contributed by atoms with Crippen molar-refractivity contribution in [3.8, 4) is 34.0 Å². The van der Waals surface area contributed by atoms with Crippen molar-refractivity contribution < 1.29 is 22.8 Å². The standard InChI is InChI=1S/C30H31F2N3O3/c1-19-16-22(14-15-23(19)24-8-6-7-9-25(24)27(31)32)29-33-28(34-38-29)21-12-10-20(11-13-21)17-35(5)18-26(36)37-30(2,3)4/h6-16,27H,17-18H2,1-5H3. The molecule has 0 atom stereocenters. The molecule has 198 valence electrons. The maximum atomic E-state index is 13.5. The maximum absolute atomic E-state index is 13.5. The van der Waals surface area contributed by atoms with E-state index in [4.69, 9.17) is 9.26 Å². The van der Waals surface area contributed by atoms with E-state index >= 15 is 0 Å². The third-order valence-corrected chi connectivity index (χ3v) is 5.87. The zero-order valence-electron chi connectivity index (χ0n) is 22.2. The Morgan fingerprint density at radius 1 is 1.00 bits per heavy atom. The number of carbonyl (C=O) groups is 1. The van der Waals surface area contributed by atoms with Crippen molar-refractivity contribution in [3.05, 3.63) is 83.4 Å². The molecule has 3 aromatic carbocycles. The van der Waals surface area contributed by atoms with Crippen LogP contribution in [0.15, 0.2) is 71.3 Å². The Balaban J connectivity index is 1.45. The van der Waals surface area contributed by atoms with E-state index in [2.05, 4.69) is 10.1 Å². The quantitative estimate of drug-likeness (QED) is 0.232. The Hall–Kier alpha value is -3.91. The molecule has 1 heterocycles. The van der Waals surface area contributed by atoms with E-state index in [0.717, 1.165) is 22.3 Å². The minimum atomic E-state index is -2.56. The van der Waals surface area contributed by atoms with Gasteiger partial charge in [-0.3, -0.25) is 9.69 Å². The van der Waals surface area contributed by atoms with Crippen molar-refractivity contribution in [1.82, 2.24) is 15.0 Å². The molecule has 0 fully saturated rings. The van der Waals surface area contributed by atoms with Crippen LogP contribution in [-0.4, -0.2) is 40.2 Å². The average Bonchev–Trinajstić information content (AvgIpc) is 3.33. The molecule has 4 aromatic rings. The molecule has 0 radical (unpaired) electrons. The molecule has 0 aliphatic carbocycles. The van der Waals surface area contributed by atoms with E-state index in [1.165, 1.54) is 6.07 Å². The number of hydrogen-bond acceptors (Lipinski definition) is 6. The van der Waals surface area contributed by atoms with E-state index in [0.29, 0.717) is 29.4 Å². The van der Waals surface area contributed by atoms with Crippen LogP contribution >= 0.6 is 0 Å². The highest BCUT2D eigenvalue weighted by Gasteiger charge is 2.19. The number of ether oxygens (including phenoxy) is 1. The van der Waals surface area contributed by atoms with Gasteiger partial charge in [0.2, 0.25) is 5.82 Å². The lowest BCUT2D eigenvalue weighted by atomic mass is 9.94. The van der Waals surface area contributed by atoms with Crippen molar-refractivity contribution in [2.24, 2.45) is 0 Å². The van der Waals surface area contributed by atoms with E-state index in [1.807, 2.05) is 70.0 Å². The molecule has 0 N–H and O–H groups in total. The van der Waals surface area contributed by atoms with Gasteiger partial charge in [-0.1, -0.05) is 59.8 Å². The lowest BCUT2D eigenvalue weighted by Crippen LogP contribution is -2.32. The van der Waals surface area contributed by atoms with E-state index in [-0.39, 0.29) is 18.1 Å². The first kappa shape index (κ1) is 27.1. The highest BCUT2D eigenvalue weighted by atomic mass is 19.3. The van der Waals surface area contributed by atoms with Crippen LogP contribution in [0.1, 0.15) is 43.9 Å². The summed E-state index contributed by atoms with van der Waals surface area (Å²) in [6, 6.07) is 19.7. The molecule has 0 aliphatic heterocycles. The summed E-state index contributed by atoms with van der Waals surface area (Å²) in [7, 11) is 1.86. The lowest BCUT2D eigenvalue weighted by molar-refractivity contribution is -0.155. The van der Waals surface area contributed by atoms with Crippen molar-refractivity contribution in [3.63, 3.8) is 0 Å². The van der Waals surface area contributed by atoms with Gasteiger partial charge in [0, 0.05) is 23.2 Å². The molecule has 0 spiro atoms. The summed E-state index contributed by atoms with van der Waals surface area (Å²) in [5.74, 6) is 0.522. The fraction of sp³-hybridized carbons (Fsp3) is 0.300. The number of halogens is 2. The number of nitrogens with zero attached hydrogens (tertiary/aromatic N) is 3. The second-order valence-corrected chi connectivity index (χ2v) is 10.3. The fourth-order valence-corrected chi connectivity index (χ4v) is 4.21. The lowest BCUT2D eigenvalue weighted by Gasteiger charge is -2.22. The van der Waals surface area contributed by atoms with Crippen molar-refractivity contribution in [2.45, 2.75) is 46.3 Å². The zero-order chi connectivity index (χ0) is 27.4. The summed E-state index contributed by atoms with van der Waals surface area (Å²) in [6.45, 7) is 8.19. The van der Waals surface area contributed by atoms with E-state index < -0.39 is 12.0 Å². The highest BCUT2D eigenvalue weighted by molar-refractivity contribution is 5.74. The van der Waals surface area contributed by atoms with Gasteiger partial charge in [0.1, 0.15) is 5.60 Å². The number of aryl methyl sites for hydroxylation is 1. The Kier molecular flexibility index (Phi) is 8.02. The summed E-state index contributed by atoms with van der Waals surface area (Å²) < 4.78 is 37.9. The number of esters is 1. The molecule has 0 amide bonds. The van der Waals surface area contributed by atoms with Gasteiger partial charge in [0.25, 0.3) is 12.3 Å². The molecule has 1 aromatic heterocycles. The number of hydrogen-bond donors (Lipinski definition) is 0. The van der Waals surface area contributed by atoms with Gasteiger partial charge in [-0.2, -0.15) is 4.98 Å². The smallest absolute Gasteiger partial charge is 0.320 e. The molecule has 8 heteroatoms. The first-order valence-electron chi connectivity index (χ1n) is 12.3. The highest BCUT2D eigenvalue weighted by Crippen LogP contribution is 2.34. The Morgan fingerprint density at radius 2 is 1.68 bits per heavy atom. The van der Waals surface area contributed by atoms with Gasteiger partial charge in [-0.25, -0.2) is 8.78 Å². The van der Waals surface area contributed by atoms with Gasteiger partial charge < -0.3 is 9.26 Å². The molecule has 0 saturated heterocycles. The van der Waals surface area contributed by atoms with Gasteiger partial charge in [0.05, 0.1) is 6.54 Å².